The fourth-order valence-electron chi connectivity index (χ4n) is 4.62. The summed E-state index contributed by atoms with van der Waals surface area (Å²) in [6, 6.07) is 2.61. The summed E-state index contributed by atoms with van der Waals surface area (Å²) in [5.41, 5.74) is 1.78. The number of nitrogens with one attached hydrogen (secondary N) is 1. The SMILES string of the molecule is COc1cc(CO)cc(I)c1O[C@H]1C=C(C(=O)NCCO)C[C@@H](N(C[C@@H]2CCCO2)C(=O)C=C(C)C)[C@@H]1O. The summed E-state index contributed by atoms with van der Waals surface area (Å²) < 4.78 is 18.2. The number of nitrogens with zero attached hydrogens (tertiary/aromatic N) is 1. The summed E-state index contributed by atoms with van der Waals surface area (Å²) in [4.78, 5) is 27.9. The molecule has 0 radical (unpaired) electrons. The average Bonchev–Trinajstić information content (AvgIpc) is 3.40. The number of rotatable bonds is 11. The summed E-state index contributed by atoms with van der Waals surface area (Å²) in [6.45, 7) is 4.20. The predicted octanol–water partition coefficient (Wildman–Crippen LogP) is 1.68. The Kier molecular flexibility index (Phi) is 11.4. The molecule has 1 heterocycles. The fourth-order valence-corrected chi connectivity index (χ4v) is 5.41. The van der Waals surface area contributed by atoms with E-state index >= 15 is 0 Å². The van der Waals surface area contributed by atoms with Crippen LogP contribution in [0.3, 0.4) is 0 Å². The number of hydrogen-bond donors (Lipinski definition) is 4. The van der Waals surface area contributed by atoms with Crippen LogP contribution in [0.5, 0.6) is 11.5 Å². The molecule has 0 spiro atoms. The van der Waals surface area contributed by atoms with Crippen molar-refractivity contribution in [1.82, 2.24) is 10.2 Å². The maximum atomic E-state index is 13.4. The van der Waals surface area contributed by atoms with E-state index in [2.05, 4.69) is 27.9 Å². The Hall–Kier alpha value is -2.19. The second-order valence-corrected chi connectivity index (χ2v) is 10.8. The number of hydrogen-bond acceptors (Lipinski definition) is 8. The summed E-state index contributed by atoms with van der Waals surface area (Å²) in [5, 5.41) is 33.0. The Morgan fingerprint density at radius 1 is 1.29 bits per heavy atom. The lowest BCUT2D eigenvalue weighted by molar-refractivity contribution is -0.135. The molecular formula is C27H37IN2O8. The lowest BCUT2D eigenvalue weighted by atomic mass is 9.87. The number of ether oxygens (including phenoxy) is 3. The molecule has 2 aliphatic rings. The first-order valence-corrected chi connectivity index (χ1v) is 13.7. The van der Waals surface area contributed by atoms with Gasteiger partial charge < -0.3 is 39.7 Å². The molecule has 0 bridgehead atoms. The lowest BCUT2D eigenvalue weighted by Crippen LogP contribution is -2.56. The minimum atomic E-state index is -1.17. The molecule has 10 nitrogen and oxygen atoms in total. The second-order valence-electron chi connectivity index (χ2n) is 9.63. The first-order valence-electron chi connectivity index (χ1n) is 12.7. The Labute approximate surface area is 236 Å². The van der Waals surface area contributed by atoms with Gasteiger partial charge in [-0.05, 0) is 73.1 Å². The van der Waals surface area contributed by atoms with Gasteiger partial charge in [-0.15, -0.1) is 0 Å². The topological polar surface area (TPSA) is 138 Å². The molecule has 1 saturated heterocycles. The van der Waals surface area contributed by atoms with Crippen LogP contribution in [0.2, 0.25) is 0 Å². The van der Waals surface area contributed by atoms with E-state index in [1.165, 1.54) is 13.2 Å². The molecule has 0 saturated carbocycles. The summed E-state index contributed by atoms with van der Waals surface area (Å²) in [7, 11) is 1.48. The van der Waals surface area contributed by atoms with E-state index in [1.807, 2.05) is 13.8 Å². The lowest BCUT2D eigenvalue weighted by Gasteiger charge is -2.41. The first kappa shape index (κ1) is 30.4. The molecule has 38 heavy (non-hydrogen) atoms. The van der Waals surface area contributed by atoms with Crippen molar-refractivity contribution in [3.8, 4) is 11.5 Å². The molecule has 1 fully saturated rings. The number of amides is 2. The Morgan fingerprint density at radius 2 is 2.05 bits per heavy atom. The molecule has 4 atom stereocenters. The largest absolute Gasteiger partial charge is 0.493 e. The molecule has 1 aliphatic carbocycles. The second kappa shape index (κ2) is 14.3. The van der Waals surface area contributed by atoms with Gasteiger partial charge in [-0.25, -0.2) is 0 Å². The Bertz CT molecular complexity index is 1050. The average molecular weight is 645 g/mol. The third-order valence-electron chi connectivity index (χ3n) is 6.46. The van der Waals surface area contributed by atoms with E-state index < -0.39 is 24.2 Å². The molecule has 1 aromatic rings. The van der Waals surface area contributed by atoms with E-state index in [1.54, 1.807) is 23.1 Å². The Morgan fingerprint density at radius 3 is 2.66 bits per heavy atom. The van der Waals surface area contributed by atoms with Crippen molar-refractivity contribution in [3.63, 3.8) is 0 Å². The number of aliphatic hydroxyl groups is 3. The predicted molar refractivity (Wildman–Crippen MR) is 149 cm³/mol. The van der Waals surface area contributed by atoms with E-state index in [0.717, 1.165) is 18.4 Å². The van der Waals surface area contributed by atoms with Crippen molar-refractivity contribution in [1.29, 1.82) is 0 Å². The van der Waals surface area contributed by atoms with E-state index in [4.69, 9.17) is 14.2 Å². The van der Waals surface area contributed by atoms with Gasteiger partial charge in [0.1, 0.15) is 12.2 Å². The number of aliphatic hydroxyl groups excluding tert-OH is 3. The van der Waals surface area contributed by atoms with Crippen molar-refractivity contribution in [2.45, 2.75) is 64.1 Å². The molecule has 2 amide bonds. The van der Waals surface area contributed by atoms with Crippen LogP contribution < -0.4 is 14.8 Å². The zero-order chi connectivity index (χ0) is 27.8. The van der Waals surface area contributed by atoms with Gasteiger partial charge in [0.2, 0.25) is 11.8 Å². The van der Waals surface area contributed by atoms with Crippen molar-refractivity contribution in [3.05, 3.63) is 44.6 Å². The highest BCUT2D eigenvalue weighted by Gasteiger charge is 2.41. The van der Waals surface area contributed by atoms with Gasteiger partial charge in [0.25, 0.3) is 0 Å². The number of carbonyl (C=O) groups is 2. The van der Waals surface area contributed by atoms with Crippen molar-refractivity contribution >= 4 is 34.4 Å². The van der Waals surface area contributed by atoms with Crippen LogP contribution in [0.4, 0.5) is 0 Å². The van der Waals surface area contributed by atoms with Crippen LogP contribution in [-0.2, 0) is 20.9 Å². The van der Waals surface area contributed by atoms with Gasteiger partial charge >= 0.3 is 0 Å². The quantitative estimate of drug-likeness (QED) is 0.211. The van der Waals surface area contributed by atoms with Crippen LogP contribution in [0, 0.1) is 3.57 Å². The molecule has 1 aromatic carbocycles. The van der Waals surface area contributed by atoms with Crippen molar-refractivity contribution < 1.29 is 39.1 Å². The standard InChI is InChI=1S/C27H37IN2O8/c1-16(2)9-24(33)30(14-19-5-4-8-37-19)21-12-18(27(35)29-6-7-31)13-22(25(21)34)38-26-20(28)10-17(15-32)11-23(26)36-3/h9-11,13,19,21-22,25,31-32,34H,4-8,12,14-15H2,1-3H3,(H,29,35)/t19-,21+,22-,25-/m0/s1. The highest BCUT2D eigenvalue weighted by molar-refractivity contribution is 14.1. The highest BCUT2D eigenvalue weighted by Crippen LogP contribution is 2.37. The number of halogens is 1. The maximum Gasteiger partial charge on any atom is 0.247 e. The Balaban J connectivity index is 2.01. The van der Waals surface area contributed by atoms with Crippen LogP contribution in [0.25, 0.3) is 0 Å². The molecular weight excluding hydrogens is 607 g/mol. The van der Waals surface area contributed by atoms with Crippen LogP contribution in [0.1, 0.15) is 38.7 Å². The zero-order valence-electron chi connectivity index (χ0n) is 22.0. The smallest absolute Gasteiger partial charge is 0.247 e. The van der Waals surface area contributed by atoms with Gasteiger partial charge in [-0.2, -0.15) is 0 Å². The molecule has 1 aliphatic heterocycles. The molecule has 4 N–H and O–H groups in total. The van der Waals surface area contributed by atoms with Gasteiger partial charge in [0, 0.05) is 37.8 Å². The summed E-state index contributed by atoms with van der Waals surface area (Å²) in [5.74, 6) is 0.0304. The third kappa shape index (κ3) is 7.69. The van der Waals surface area contributed by atoms with Gasteiger partial charge in [-0.1, -0.05) is 5.57 Å². The normalized spacial score (nSPS) is 22.9. The number of benzene rings is 1. The summed E-state index contributed by atoms with van der Waals surface area (Å²) >= 11 is 2.06. The zero-order valence-corrected chi connectivity index (χ0v) is 24.1. The molecule has 11 heteroatoms. The minimum absolute atomic E-state index is 0.0690. The molecule has 0 aromatic heterocycles. The fraction of sp³-hybridized carbons (Fsp3) is 0.556. The highest BCUT2D eigenvalue weighted by atomic mass is 127. The minimum Gasteiger partial charge on any atom is -0.493 e. The molecule has 210 valence electrons. The van der Waals surface area contributed by atoms with E-state index in [0.29, 0.717) is 32.8 Å². The van der Waals surface area contributed by atoms with Crippen molar-refractivity contribution in [2.24, 2.45) is 0 Å². The third-order valence-corrected chi connectivity index (χ3v) is 7.26. The molecule has 3 rings (SSSR count). The number of carbonyl (C=O) groups excluding carboxylic acids is 2. The number of methoxy groups -OCH3 is 1. The van der Waals surface area contributed by atoms with Crippen molar-refractivity contribution in [2.75, 3.05) is 33.4 Å². The van der Waals surface area contributed by atoms with Crippen LogP contribution in [-0.4, -0.2) is 89.8 Å². The first-order chi connectivity index (χ1) is 18.2. The van der Waals surface area contributed by atoms with Crippen LogP contribution >= 0.6 is 22.6 Å². The molecule has 0 unspecified atom stereocenters. The van der Waals surface area contributed by atoms with Gasteiger partial charge in [0.05, 0.1) is 36.0 Å². The maximum absolute atomic E-state index is 13.4. The summed E-state index contributed by atoms with van der Waals surface area (Å²) in [6.07, 6.45) is 2.54. The van der Waals surface area contributed by atoms with E-state index in [9.17, 15) is 24.9 Å². The van der Waals surface area contributed by atoms with E-state index in [-0.39, 0.29) is 44.7 Å². The monoisotopic (exact) mass is 644 g/mol. The van der Waals surface area contributed by atoms with Crippen LogP contribution in [0.15, 0.2) is 35.4 Å². The van der Waals surface area contributed by atoms with Gasteiger partial charge in [0.15, 0.2) is 11.5 Å². The number of allylic oxidation sites excluding steroid dienone is 1. The van der Waals surface area contributed by atoms with Gasteiger partial charge in [-0.3, -0.25) is 9.59 Å².